The van der Waals surface area contributed by atoms with Crippen molar-refractivity contribution in [3.8, 4) is 0 Å². The van der Waals surface area contributed by atoms with E-state index in [-0.39, 0.29) is 20.3 Å². The lowest BCUT2D eigenvalue weighted by Crippen LogP contribution is -2.25. The SMILES string of the molecule is C.C.CCC(=O)C[C@@H](CCN)C(C)(C)C. The van der Waals surface area contributed by atoms with Gasteiger partial charge in [-0.25, -0.2) is 0 Å². The molecular weight excluding hydrogens is 186 g/mol. The minimum absolute atomic E-state index is 0. The monoisotopic (exact) mass is 217 g/mol. The predicted molar refractivity (Wildman–Crippen MR) is 70.0 cm³/mol. The van der Waals surface area contributed by atoms with E-state index in [0.717, 1.165) is 6.42 Å². The summed E-state index contributed by atoms with van der Waals surface area (Å²) in [6.07, 6.45) is 2.30. The molecule has 0 spiro atoms. The number of carbonyl (C=O) groups is 1. The van der Waals surface area contributed by atoms with Crippen molar-refractivity contribution in [2.75, 3.05) is 6.54 Å². The molecule has 2 N–H and O–H groups in total. The van der Waals surface area contributed by atoms with Crippen molar-refractivity contribution in [3.05, 3.63) is 0 Å². The normalized spacial score (nSPS) is 12.3. The van der Waals surface area contributed by atoms with Crippen LogP contribution in [0.15, 0.2) is 0 Å². The predicted octanol–water partition coefficient (Wildman–Crippen LogP) is 3.64. The Morgan fingerprint density at radius 2 is 1.73 bits per heavy atom. The van der Waals surface area contributed by atoms with Gasteiger partial charge in [0.25, 0.3) is 0 Å². The molecule has 0 aliphatic rings. The van der Waals surface area contributed by atoms with Crippen LogP contribution < -0.4 is 5.73 Å². The Bertz CT molecular complexity index is 158. The zero-order chi connectivity index (χ0) is 10.5. The highest BCUT2D eigenvalue weighted by Crippen LogP contribution is 2.31. The Labute approximate surface area is 96.6 Å². The third kappa shape index (κ3) is 8.61. The quantitative estimate of drug-likeness (QED) is 0.764. The molecule has 0 aliphatic heterocycles. The van der Waals surface area contributed by atoms with Crippen LogP contribution in [0.25, 0.3) is 0 Å². The van der Waals surface area contributed by atoms with Crippen LogP contribution in [0.2, 0.25) is 0 Å². The second-order valence-electron chi connectivity index (χ2n) is 4.74. The molecule has 0 aromatic carbocycles. The maximum atomic E-state index is 11.3. The molecule has 0 aliphatic carbocycles. The van der Waals surface area contributed by atoms with Gasteiger partial charge in [0.05, 0.1) is 0 Å². The average Bonchev–Trinajstić information content (AvgIpc) is 2.01. The van der Waals surface area contributed by atoms with Crippen molar-refractivity contribution in [2.45, 2.75) is 61.8 Å². The number of ketones is 1. The molecule has 0 saturated heterocycles. The summed E-state index contributed by atoms with van der Waals surface area (Å²) in [5.74, 6) is 0.790. The number of rotatable bonds is 5. The Kier molecular flexibility index (Phi) is 11.9. The van der Waals surface area contributed by atoms with Gasteiger partial charge in [-0.2, -0.15) is 0 Å². The highest BCUT2D eigenvalue weighted by molar-refractivity contribution is 5.78. The first-order chi connectivity index (χ1) is 5.91. The number of nitrogens with two attached hydrogens (primary N) is 1. The van der Waals surface area contributed by atoms with E-state index in [1.54, 1.807) is 0 Å². The summed E-state index contributed by atoms with van der Waals surface area (Å²) in [5, 5.41) is 0. The lowest BCUT2D eigenvalue weighted by atomic mass is 9.76. The van der Waals surface area contributed by atoms with Gasteiger partial charge in [-0.05, 0) is 24.3 Å². The van der Waals surface area contributed by atoms with Gasteiger partial charge < -0.3 is 5.73 Å². The van der Waals surface area contributed by atoms with Gasteiger partial charge in [0.1, 0.15) is 5.78 Å². The summed E-state index contributed by atoms with van der Waals surface area (Å²) in [7, 11) is 0. The Balaban J connectivity index is -0.000000720. The van der Waals surface area contributed by atoms with Crippen molar-refractivity contribution in [2.24, 2.45) is 17.1 Å². The van der Waals surface area contributed by atoms with E-state index in [2.05, 4.69) is 20.8 Å². The van der Waals surface area contributed by atoms with Gasteiger partial charge in [-0.1, -0.05) is 42.5 Å². The smallest absolute Gasteiger partial charge is 0.132 e. The molecule has 0 amide bonds. The van der Waals surface area contributed by atoms with Crippen LogP contribution >= 0.6 is 0 Å². The van der Waals surface area contributed by atoms with Crippen LogP contribution in [0.1, 0.15) is 61.8 Å². The molecule has 0 heterocycles. The molecule has 0 aromatic rings. The molecule has 0 bridgehead atoms. The minimum atomic E-state index is 0. The second-order valence-corrected chi connectivity index (χ2v) is 4.74. The highest BCUT2D eigenvalue weighted by atomic mass is 16.1. The molecular formula is C13H31NO. The van der Waals surface area contributed by atoms with E-state index in [4.69, 9.17) is 5.73 Å². The zero-order valence-electron chi connectivity index (χ0n) is 9.39. The second kappa shape index (κ2) is 8.90. The molecule has 0 saturated carbocycles. The summed E-state index contributed by atoms with van der Waals surface area (Å²) in [6, 6.07) is 0. The maximum Gasteiger partial charge on any atom is 0.132 e. The van der Waals surface area contributed by atoms with Crippen LogP contribution in [-0.4, -0.2) is 12.3 Å². The average molecular weight is 217 g/mol. The lowest BCUT2D eigenvalue weighted by Gasteiger charge is -2.29. The first-order valence-corrected chi connectivity index (χ1v) is 5.13. The van der Waals surface area contributed by atoms with Gasteiger partial charge in [-0.15, -0.1) is 0 Å². The first-order valence-electron chi connectivity index (χ1n) is 5.13. The number of hydrogen-bond donors (Lipinski definition) is 1. The third-order valence-corrected chi connectivity index (χ3v) is 2.61. The summed E-state index contributed by atoms with van der Waals surface area (Å²) in [6.45, 7) is 9.13. The van der Waals surface area contributed by atoms with Gasteiger partial charge in [0, 0.05) is 12.8 Å². The largest absolute Gasteiger partial charge is 0.330 e. The molecule has 0 aromatic heterocycles. The fourth-order valence-electron chi connectivity index (χ4n) is 1.46. The van der Waals surface area contributed by atoms with E-state index in [9.17, 15) is 4.79 Å². The molecule has 0 rings (SSSR count). The summed E-state index contributed by atoms with van der Waals surface area (Å²) in [5.41, 5.74) is 5.73. The van der Waals surface area contributed by atoms with Crippen LogP contribution in [-0.2, 0) is 4.79 Å². The van der Waals surface area contributed by atoms with E-state index in [1.165, 1.54) is 0 Å². The standard InChI is InChI=1S/C11H23NO.2CH4/c1-5-10(13)8-9(6-7-12)11(2,3)4;;/h9H,5-8,12H2,1-4H3;2*1H4/t9-;;/m1../s1. The zero-order valence-corrected chi connectivity index (χ0v) is 9.39. The van der Waals surface area contributed by atoms with E-state index < -0.39 is 0 Å². The third-order valence-electron chi connectivity index (χ3n) is 2.61. The van der Waals surface area contributed by atoms with Crippen LogP contribution in [0, 0.1) is 11.3 Å². The Morgan fingerprint density at radius 1 is 1.27 bits per heavy atom. The molecule has 1 atom stereocenters. The summed E-state index contributed by atoms with van der Waals surface area (Å²) >= 11 is 0. The van der Waals surface area contributed by atoms with Gasteiger partial charge in [0.15, 0.2) is 0 Å². The molecule has 15 heavy (non-hydrogen) atoms. The van der Waals surface area contributed by atoms with Crippen molar-refractivity contribution < 1.29 is 4.79 Å². The molecule has 0 fully saturated rings. The first kappa shape index (κ1) is 20.1. The van der Waals surface area contributed by atoms with E-state index in [1.807, 2.05) is 6.92 Å². The fraction of sp³-hybridized carbons (Fsp3) is 0.923. The van der Waals surface area contributed by atoms with Gasteiger partial charge in [-0.3, -0.25) is 4.79 Å². The van der Waals surface area contributed by atoms with Crippen LogP contribution in [0.5, 0.6) is 0 Å². The molecule has 2 heteroatoms. The van der Waals surface area contributed by atoms with E-state index >= 15 is 0 Å². The molecule has 0 unspecified atom stereocenters. The number of Topliss-reactive ketones (excluding diaryl/α,β-unsaturated/α-hetero) is 1. The number of carbonyl (C=O) groups excluding carboxylic acids is 1. The molecule has 94 valence electrons. The summed E-state index contributed by atoms with van der Waals surface area (Å²) in [4.78, 5) is 11.3. The molecule has 2 nitrogen and oxygen atoms in total. The maximum absolute atomic E-state index is 11.3. The van der Waals surface area contributed by atoms with Gasteiger partial charge >= 0.3 is 0 Å². The number of hydrogen-bond acceptors (Lipinski definition) is 2. The fourth-order valence-corrected chi connectivity index (χ4v) is 1.46. The minimum Gasteiger partial charge on any atom is -0.330 e. The van der Waals surface area contributed by atoms with Crippen molar-refractivity contribution in [3.63, 3.8) is 0 Å². The molecule has 0 radical (unpaired) electrons. The lowest BCUT2D eigenvalue weighted by molar-refractivity contribution is -0.120. The van der Waals surface area contributed by atoms with Crippen LogP contribution in [0.4, 0.5) is 0 Å². The Hall–Kier alpha value is -0.370. The van der Waals surface area contributed by atoms with Crippen molar-refractivity contribution in [1.29, 1.82) is 0 Å². The topological polar surface area (TPSA) is 43.1 Å². The van der Waals surface area contributed by atoms with Crippen molar-refractivity contribution in [1.82, 2.24) is 0 Å². The highest BCUT2D eigenvalue weighted by Gasteiger charge is 2.25. The van der Waals surface area contributed by atoms with Crippen LogP contribution in [0.3, 0.4) is 0 Å². The Morgan fingerprint density at radius 3 is 2.00 bits per heavy atom. The van der Waals surface area contributed by atoms with Gasteiger partial charge in [0.2, 0.25) is 0 Å². The summed E-state index contributed by atoms with van der Waals surface area (Å²) < 4.78 is 0. The van der Waals surface area contributed by atoms with E-state index in [0.29, 0.717) is 31.1 Å². The van der Waals surface area contributed by atoms with Crippen molar-refractivity contribution >= 4 is 5.78 Å².